The van der Waals surface area contributed by atoms with Gasteiger partial charge in [-0.1, -0.05) is 6.92 Å². The first kappa shape index (κ1) is 13.0. The van der Waals surface area contributed by atoms with Crippen molar-refractivity contribution in [1.29, 1.82) is 0 Å². The number of amides is 1. The second-order valence-corrected chi connectivity index (χ2v) is 5.22. The summed E-state index contributed by atoms with van der Waals surface area (Å²) in [5.41, 5.74) is 5.17. The largest absolute Gasteiger partial charge is 0.337 e. The summed E-state index contributed by atoms with van der Waals surface area (Å²) < 4.78 is 2.10. The minimum atomic E-state index is -0.803. The van der Waals surface area contributed by atoms with Crippen molar-refractivity contribution in [2.45, 2.75) is 51.7 Å². The molecule has 0 saturated carbocycles. The molecule has 1 amide bonds. The fourth-order valence-corrected chi connectivity index (χ4v) is 2.20. The lowest BCUT2D eigenvalue weighted by Gasteiger charge is -2.27. The zero-order valence-electron chi connectivity index (χ0n) is 11.3. The molecule has 0 bridgehead atoms. The van der Waals surface area contributed by atoms with Gasteiger partial charge < -0.3 is 15.2 Å². The molecule has 1 unspecified atom stereocenters. The van der Waals surface area contributed by atoms with Gasteiger partial charge in [-0.2, -0.15) is 0 Å². The first-order chi connectivity index (χ1) is 8.45. The normalized spacial score (nSPS) is 17.3. The Morgan fingerprint density at radius 2 is 2.28 bits per heavy atom. The van der Waals surface area contributed by atoms with E-state index in [4.69, 9.17) is 5.73 Å². The van der Waals surface area contributed by atoms with Crippen molar-refractivity contribution >= 4 is 5.91 Å². The number of rotatable bonds is 4. The predicted molar refractivity (Wildman–Crippen MR) is 67.7 cm³/mol. The standard InChI is InChI=1S/C12H21N5O/c1-4-12(2,13)11(18)16(3)8-10-15-14-9-6-5-7-17(9)10/h4-8,13H2,1-3H3. The quantitative estimate of drug-likeness (QED) is 0.835. The fourth-order valence-electron chi connectivity index (χ4n) is 2.20. The van der Waals surface area contributed by atoms with Crippen molar-refractivity contribution in [3.05, 3.63) is 11.6 Å². The smallest absolute Gasteiger partial charge is 0.242 e. The van der Waals surface area contributed by atoms with Crippen LogP contribution in [-0.2, 0) is 24.3 Å². The van der Waals surface area contributed by atoms with Gasteiger partial charge in [0.05, 0.1) is 12.1 Å². The summed E-state index contributed by atoms with van der Waals surface area (Å²) in [5, 5.41) is 8.28. The van der Waals surface area contributed by atoms with Crippen LogP contribution in [0.5, 0.6) is 0 Å². The highest BCUT2D eigenvalue weighted by atomic mass is 16.2. The van der Waals surface area contributed by atoms with Gasteiger partial charge >= 0.3 is 0 Å². The number of nitrogens with two attached hydrogens (primary N) is 1. The van der Waals surface area contributed by atoms with E-state index in [1.807, 2.05) is 6.92 Å². The van der Waals surface area contributed by atoms with E-state index < -0.39 is 5.54 Å². The zero-order chi connectivity index (χ0) is 13.3. The Morgan fingerprint density at radius 1 is 1.56 bits per heavy atom. The minimum absolute atomic E-state index is 0.0552. The van der Waals surface area contributed by atoms with Crippen molar-refractivity contribution < 1.29 is 4.79 Å². The monoisotopic (exact) mass is 251 g/mol. The van der Waals surface area contributed by atoms with Crippen molar-refractivity contribution in [1.82, 2.24) is 19.7 Å². The molecule has 100 valence electrons. The van der Waals surface area contributed by atoms with Gasteiger partial charge in [0.1, 0.15) is 5.82 Å². The molecule has 0 aromatic carbocycles. The number of aryl methyl sites for hydroxylation is 1. The number of likely N-dealkylation sites (N-methyl/N-ethyl adjacent to an activating group) is 1. The Hall–Kier alpha value is -1.43. The van der Waals surface area contributed by atoms with Crippen LogP contribution in [0.2, 0.25) is 0 Å². The van der Waals surface area contributed by atoms with E-state index in [1.54, 1.807) is 18.9 Å². The van der Waals surface area contributed by atoms with E-state index in [0.29, 0.717) is 13.0 Å². The van der Waals surface area contributed by atoms with Gasteiger partial charge in [-0.15, -0.1) is 10.2 Å². The third-order valence-electron chi connectivity index (χ3n) is 3.63. The predicted octanol–water partition coefficient (Wildman–Crippen LogP) is 0.310. The molecule has 2 heterocycles. The second kappa shape index (κ2) is 4.68. The van der Waals surface area contributed by atoms with Gasteiger partial charge in [0.2, 0.25) is 5.91 Å². The number of carbonyl (C=O) groups excluding carboxylic acids is 1. The molecule has 18 heavy (non-hydrogen) atoms. The van der Waals surface area contributed by atoms with Crippen LogP contribution in [0.4, 0.5) is 0 Å². The summed E-state index contributed by atoms with van der Waals surface area (Å²) in [5.74, 6) is 1.82. The second-order valence-electron chi connectivity index (χ2n) is 5.22. The molecular formula is C12H21N5O. The molecule has 6 nitrogen and oxygen atoms in total. The Bertz CT molecular complexity index is 451. The van der Waals surface area contributed by atoms with Gasteiger partial charge in [-0.25, -0.2) is 0 Å². The summed E-state index contributed by atoms with van der Waals surface area (Å²) in [6.07, 6.45) is 2.71. The van der Waals surface area contributed by atoms with Crippen molar-refractivity contribution in [2.24, 2.45) is 5.73 Å². The molecule has 0 saturated heterocycles. The molecule has 1 aliphatic heterocycles. The summed E-state index contributed by atoms with van der Waals surface area (Å²) in [7, 11) is 1.76. The fraction of sp³-hybridized carbons (Fsp3) is 0.750. The average Bonchev–Trinajstić information content (AvgIpc) is 2.93. The highest BCUT2D eigenvalue weighted by molar-refractivity contribution is 5.85. The van der Waals surface area contributed by atoms with Crippen molar-refractivity contribution in [3.63, 3.8) is 0 Å². The Kier molecular flexibility index (Phi) is 3.38. The summed E-state index contributed by atoms with van der Waals surface area (Å²) in [4.78, 5) is 13.8. The third kappa shape index (κ3) is 2.25. The molecular weight excluding hydrogens is 230 g/mol. The van der Waals surface area contributed by atoms with E-state index in [0.717, 1.165) is 31.0 Å². The number of fused-ring (bicyclic) bond motifs is 1. The maximum Gasteiger partial charge on any atom is 0.242 e. The molecule has 0 radical (unpaired) electrons. The van der Waals surface area contributed by atoms with E-state index in [9.17, 15) is 4.79 Å². The lowest BCUT2D eigenvalue weighted by atomic mass is 9.99. The van der Waals surface area contributed by atoms with Crippen LogP contribution in [0.1, 0.15) is 38.3 Å². The number of carbonyl (C=O) groups is 1. The van der Waals surface area contributed by atoms with E-state index in [2.05, 4.69) is 14.8 Å². The number of hydrogen-bond donors (Lipinski definition) is 1. The van der Waals surface area contributed by atoms with E-state index in [-0.39, 0.29) is 5.91 Å². The van der Waals surface area contributed by atoms with Gasteiger partial charge in [-0.05, 0) is 19.8 Å². The van der Waals surface area contributed by atoms with E-state index >= 15 is 0 Å². The van der Waals surface area contributed by atoms with Crippen LogP contribution in [0.15, 0.2) is 0 Å². The van der Waals surface area contributed by atoms with E-state index in [1.165, 1.54) is 0 Å². The van der Waals surface area contributed by atoms with Crippen molar-refractivity contribution in [3.8, 4) is 0 Å². The molecule has 1 atom stereocenters. The van der Waals surface area contributed by atoms with Crippen LogP contribution < -0.4 is 5.73 Å². The topological polar surface area (TPSA) is 77.0 Å². The number of nitrogens with zero attached hydrogens (tertiary/aromatic N) is 4. The number of hydrogen-bond acceptors (Lipinski definition) is 4. The summed E-state index contributed by atoms with van der Waals surface area (Å²) in [6.45, 7) is 5.10. The highest BCUT2D eigenvalue weighted by Crippen LogP contribution is 2.16. The molecule has 6 heteroatoms. The lowest BCUT2D eigenvalue weighted by molar-refractivity contribution is -0.135. The Labute approximate surface area is 107 Å². The molecule has 2 rings (SSSR count). The van der Waals surface area contributed by atoms with Crippen LogP contribution in [0, 0.1) is 0 Å². The molecule has 1 aromatic rings. The maximum atomic E-state index is 12.2. The highest BCUT2D eigenvalue weighted by Gasteiger charge is 2.30. The van der Waals surface area contributed by atoms with Crippen LogP contribution in [0.3, 0.4) is 0 Å². The molecule has 1 aromatic heterocycles. The zero-order valence-corrected chi connectivity index (χ0v) is 11.3. The molecule has 2 N–H and O–H groups in total. The number of aromatic nitrogens is 3. The third-order valence-corrected chi connectivity index (χ3v) is 3.63. The molecule has 0 fully saturated rings. The summed E-state index contributed by atoms with van der Waals surface area (Å²) >= 11 is 0. The first-order valence-corrected chi connectivity index (χ1v) is 6.41. The van der Waals surface area contributed by atoms with Gasteiger partial charge in [-0.3, -0.25) is 4.79 Å². The van der Waals surface area contributed by atoms with Gasteiger partial charge in [0.15, 0.2) is 5.82 Å². The van der Waals surface area contributed by atoms with Gasteiger partial charge in [0.25, 0.3) is 0 Å². The SMILES string of the molecule is CCC(C)(N)C(=O)N(C)Cc1nnc2n1CCC2. The Balaban J connectivity index is 2.07. The molecule has 0 spiro atoms. The van der Waals surface area contributed by atoms with Crippen LogP contribution in [-0.4, -0.2) is 38.2 Å². The molecule has 0 aliphatic carbocycles. The lowest BCUT2D eigenvalue weighted by Crippen LogP contribution is -2.51. The summed E-state index contributed by atoms with van der Waals surface area (Å²) in [6, 6.07) is 0. The first-order valence-electron chi connectivity index (χ1n) is 6.41. The Morgan fingerprint density at radius 3 is 2.94 bits per heavy atom. The average molecular weight is 251 g/mol. The van der Waals surface area contributed by atoms with Crippen LogP contribution in [0.25, 0.3) is 0 Å². The van der Waals surface area contributed by atoms with Crippen LogP contribution >= 0.6 is 0 Å². The minimum Gasteiger partial charge on any atom is -0.337 e. The van der Waals surface area contributed by atoms with Gasteiger partial charge in [0, 0.05) is 20.0 Å². The van der Waals surface area contributed by atoms with Crippen molar-refractivity contribution in [2.75, 3.05) is 7.05 Å². The molecule has 1 aliphatic rings. The maximum absolute atomic E-state index is 12.2.